The predicted molar refractivity (Wildman–Crippen MR) is 91.4 cm³/mol. The maximum atomic E-state index is 9.36. The molecule has 0 atom stereocenters. The first-order valence-electron chi connectivity index (χ1n) is 7.22. The predicted octanol–water partition coefficient (Wildman–Crippen LogP) is 3.05. The molecular weight excluding hydrogens is 286 g/mol. The van der Waals surface area contributed by atoms with Crippen molar-refractivity contribution in [3.8, 4) is 12.1 Å². The first-order chi connectivity index (χ1) is 11.2. The van der Waals surface area contributed by atoms with E-state index in [1.807, 2.05) is 42.3 Å². The number of nitriles is 2. The van der Waals surface area contributed by atoms with Crippen LogP contribution in [0.25, 0.3) is 11.6 Å². The van der Waals surface area contributed by atoms with Crippen LogP contribution < -0.4 is 4.90 Å². The molecule has 0 saturated carbocycles. The standard InChI is InChI=1S/C19H17N3O/c1-22(10-11-23)19-8-4-15(5-9-19)12-18(14-21)17-6-2-16(13-20)3-7-17/h2-9,12,23H,10-11H2,1H3. The van der Waals surface area contributed by atoms with Gasteiger partial charge in [-0.05, 0) is 41.5 Å². The normalized spacial score (nSPS) is 10.7. The maximum Gasteiger partial charge on any atom is 0.0998 e. The van der Waals surface area contributed by atoms with Gasteiger partial charge in [0.15, 0.2) is 0 Å². The summed E-state index contributed by atoms with van der Waals surface area (Å²) >= 11 is 0. The summed E-state index contributed by atoms with van der Waals surface area (Å²) in [7, 11) is 1.92. The molecule has 4 heteroatoms. The molecule has 0 spiro atoms. The van der Waals surface area contributed by atoms with E-state index in [0.717, 1.165) is 16.8 Å². The Bertz CT molecular complexity index is 762. The van der Waals surface area contributed by atoms with Crippen LogP contribution in [0, 0.1) is 22.7 Å². The molecule has 0 radical (unpaired) electrons. The van der Waals surface area contributed by atoms with E-state index < -0.39 is 0 Å². The second-order valence-corrected chi connectivity index (χ2v) is 5.10. The monoisotopic (exact) mass is 303 g/mol. The molecule has 23 heavy (non-hydrogen) atoms. The average Bonchev–Trinajstić information content (AvgIpc) is 2.60. The molecule has 2 rings (SSSR count). The van der Waals surface area contributed by atoms with Gasteiger partial charge in [-0.3, -0.25) is 0 Å². The van der Waals surface area contributed by atoms with E-state index >= 15 is 0 Å². The number of hydrogen-bond acceptors (Lipinski definition) is 4. The van der Waals surface area contributed by atoms with E-state index in [1.165, 1.54) is 0 Å². The third kappa shape index (κ3) is 4.20. The summed E-state index contributed by atoms with van der Waals surface area (Å²) in [6, 6.07) is 19.0. The number of aliphatic hydroxyl groups is 1. The van der Waals surface area contributed by atoms with Gasteiger partial charge in [-0.1, -0.05) is 24.3 Å². The lowest BCUT2D eigenvalue weighted by Gasteiger charge is -2.17. The number of anilines is 1. The smallest absolute Gasteiger partial charge is 0.0998 e. The summed E-state index contributed by atoms with van der Waals surface area (Å²) in [4.78, 5) is 1.96. The quantitative estimate of drug-likeness (QED) is 0.680. The Morgan fingerprint density at radius 1 is 1.09 bits per heavy atom. The molecule has 0 aliphatic rings. The highest BCUT2D eigenvalue weighted by Gasteiger charge is 2.03. The zero-order valence-corrected chi connectivity index (χ0v) is 12.9. The fourth-order valence-corrected chi connectivity index (χ4v) is 2.18. The van der Waals surface area contributed by atoms with Gasteiger partial charge in [-0.2, -0.15) is 10.5 Å². The molecular formula is C19H17N3O. The lowest BCUT2D eigenvalue weighted by Crippen LogP contribution is -2.20. The summed E-state index contributed by atoms with van der Waals surface area (Å²) in [5, 5.41) is 27.1. The van der Waals surface area contributed by atoms with Gasteiger partial charge < -0.3 is 10.0 Å². The first kappa shape index (κ1) is 16.3. The zero-order valence-electron chi connectivity index (χ0n) is 12.9. The molecule has 2 aromatic carbocycles. The molecule has 0 amide bonds. The topological polar surface area (TPSA) is 71.0 Å². The second-order valence-electron chi connectivity index (χ2n) is 5.10. The van der Waals surface area contributed by atoms with Gasteiger partial charge in [0.2, 0.25) is 0 Å². The van der Waals surface area contributed by atoms with Crippen LogP contribution in [0.15, 0.2) is 48.5 Å². The number of nitrogens with zero attached hydrogens (tertiary/aromatic N) is 3. The van der Waals surface area contributed by atoms with E-state index in [2.05, 4.69) is 12.1 Å². The van der Waals surface area contributed by atoms with Crippen LogP contribution in [-0.2, 0) is 0 Å². The zero-order chi connectivity index (χ0) is 16.7. The van der Waals surface area contributed by atoms with Crippen LogP contribution in [-0.4, -0.2) is 25.3 Å². The number of hydrogen-bond donors (Lipinski definition) is 1. The Kier molecular flexibility index (Phi) is 5.52. The van der Waals surface area contributed by atoms with Crippen molar-refractivity contribution in [1.82, 2.24) is 0 Å². The Balaban J connectivity index is 2.24. The largest absolute Gasteiger partial charge is 0.395 e. The molecule has 0 aliphatic heterocycles. The van der Waals surface area contributed by atoms with Gasteiger partial charge in [0.25, 0.3) is 0 Å². The summed E-state index contributed by atoms with van der Waals surface area (Å²) in [5.41, 5.74) is 3.83. The lowest BCUT2D eigenvalue weighted by molar-refractivity contribution is 0.304. The van der Waals surface area contributed by atoms with Crippen LogP contribution in [0.3, 0.4) is 0 Å². The van der Waals surface area contributed by atoms with E-state index in [1.54, 1.807) is 24.3 Å². The minimum absolute atomic E-state index is 0.107. The molecule has 0 aromatic heterocycles. The second kappa shape index (κ2) is 7.79. The Morgan fingerprint density at radius 2 is 1.74 bits per heavy atom. The van der Waals surface area contributed by atoms with Crippen molar-refractivity contribution in [2.24, 2.45) is 0 Å². The highest BCUT2D eigenvalue weighted by Crippen LogP contribution is 2.20. The van der Waals surface area contributed by atoms with Crippen molar-refractivity contribution in [2.75, 3.05) is 25.1 Å². The van der Waals surface area contributed by atoms with Gasteiger partial charge in [-0.15, -0.1) is 0 Å². The van der Waals surface area contributed by atoms with Crippen LogP contribution in [0.5, 0.6) is 0 Å². The minimum atomic E-state index is 0.107. The fraction of sp³-hybridized carbons (Fsp3) is 0.158. The molecule has 114 valence electrons. The molecule has 4 nitrogen and oxygen atoms in total. The number of aliphatic hydroxyl groups excluding tert-OH is 1. The number of benzene rings is 2. The van der Waals surface area contributed by atoms with Crippen LogP contribution in [0.2, 0.25) is 0 Å². The lowest BCUT2D eigenvalue weighted by atomic mass is 10.0. The third-order valence-corrected chi connectivity index (χ3v) is 3.53. The van der Waals surface area contributed by atoms with Gasteiger partial charge >= 0.3 is 0 Å². The van der Waals surface area contributed by atoms with Crippen LogP contribution in [0.4, 0.5) is 5.69 Å². The van der Waals surface area contributed by atoms with E-state index in [9.17, 15) is 5.26 Å². The minimum Gasteiger partial charge on any atom is -0.395 e. The highest BCUT2D eigenvalue weighted by molar-refractivity contribution is 5.89. The fourth-order valence-electron chi connectivity index (χ4n) is 2.18. The van der Waals surface area contributed by atoms with E-state index in [4.69, 9.17) is 10.4 Å². The molecule has 0 aliphatic carbocycles. The van der Waals surface area contributed by atoms with E-state index in [-0.39, 0.29) is 6.61 Å². The van der Waals surface area contributed by atoms with Crippen LogP contribution >= 0.6 is 0 Å². The molecule has 0 heterocycles. The summed E-state index contributed by atoms with van der Waals surface area (Å²) in [5.74, 6) is 0. The highest BCUT2D eigenvalue weighted by atomic mass is 16.3. The molecule has 0 bridgehead atoms. The SMILES string of the molecule is CN(CCO)c1ccc(C=C(C#N)c2ccc(C#N)cc2)cc1. The maximum absolute atomic E-state index is 9.36. The number of allylic oxidation sites excluding steroid dienone is 1. The summed E-state index contributed by atoms with van der Waals surface area (Å²) < 4.78 is 0. The summed E-state index contributed by atoms with van der Waals surface area (Å²) in [6.45, 7) is 0.680. The van der Waals surface area contributed by atoms with Gasteiger partial charge in [-0.25, -0.2) is 0 Å². The van der Waals surface area contributed by atoms with Crippen LogP contribution in [0.1, 0.15) is 16.7 Å². The van der Waals surface area contributed by atoms with Crippen molar-refractivity contribution in [3.63, 3.8) is 0 Å². The van der Waals surface area contributed by atoms with Gasteiger partial charge in [0.05, 0.1) is 29.9 Å². The number of rotatable bonds is 5. The summed E-state index contributed by atoms with van der Waals surface area (Å²) in [6.07, 6.45) is 1.82. The average molecular weight is 303 g/mol. The Morgan fingerprint density at radius 3 is 2.26 bits per heavy atom. The van der Waals surface area contributed by atoms with E-state index in [0.29, 0.717) is 17.7 Å². The molecule has 0 fully saturated rings. The Hall–Kier alpha value is -3.08. The molecule has 0 saturated heterocycles. The van der Waals surface area contributed by atoms with Crippen molar-refractivity contribution in [1.29, 1.82) is 10.5 Å². The first-order valence-corrected chi connectivity index (χ1v) is 7.22. The Labute approximate surface area is 136 Å². The van der Waals surface area contributed by atoms with Crippen molar-refractivity contribution >= 4 is 17.3 Å². The van der Waals surface area contributed by atoms with Gasteiger partial charge in [0.1, 0.15) is 0 Å². The van der Waals surface area contributed by atoms with Gasteiger partial charge in [0, 0.05) is 19.3 Å². The number of likely N-dealkylation sites (N-methyl/N-ethyl adjacent to an activating group) is 1. The van der Waals surface area contributed by atoms with Crippen molar-refractivity contribution in [3.05, 3.63) is 65.2 Å². The van der Waals surface area contributed by atoms with Crippen molar-refractivity contribution < 1.29 is 5.11 Å². The molecule has 2 aromatic rings. The van der Waals surface area contributed by atoms with Crippen molar-refractivity contribution in [2.45, 2.75) is 0 Å². The third-order valence-electron chi connectivity index (χ3n) is 3.53. The molecule has 1 N–H and O–H groups in total. The molecule has 0 unspecified atom stereocenters.